The molecule has 8 heteroatoms. The minimum Gasteiger partial charge on any atom is -0.478 e. The summed E-state index contributed by atoms with van der Waals surface area (Å²) in [5.74, 6) is 0.246. The van der Waals surface area contributed by atoms with E-state index in [-0.39, 0.29) is 11.0 Å². The fraction of sp³-hybridized carbons (Fsp3) is 0.300. The Labute approximate surface area is 169 Å². The van der Waals surface area contributed by atoms with Gasteiger partial charge in [-0.3, -0.25) is 14.5 Å². The molecule has 0 atom stereocenters. The van der Waals surface area contributed by atoms with Gasteiger partial charge in [-0.25, -0.2) is 9.97 Å². The summed E-state index contributed by atoms with van der Waals surface area (Å²) in [4.78, 5) is 21.3. The number of ether oxygens (including phenoxy) is 1. The SMILES string of the molecule is CCCCCOc1ccc(NC(=S)NC(=O)c2c(C)nc3ccccn23)cn1. The van der Waals surface area contributed by atoms with E-state index in [1.807, 2.05) is 18.2 Å². The van der Waals surface area contributed by atoms with Gasteiger partial charge in [0.05, 0.1) is 24.2 Å². The Bertz CT molecular complexity index is 968. The largest absolute Gasteiger partial charge is 0.478 e. The number of anilines is 1. The van der Waals surface area contributed by atoms with Gasteiger partial charge in [-0.1, -0.05) is 25.8 Å². The zero-order valence-electron chi connectivity index (χ0n) is 15.9. The third kappa shape index (κ3) is 4.83. The molecule has 146 valence electrons. The summed E-state index contributed by atoms with van der Waals surface area (Å²) >= 11 is 5.25. The van der Waals surface area contributed by atoms with Crippen LogP contribution in [-0.4, -0.2) is 32.0 Å². The number of unbranched alkanes of at least 4 members (excludes halogenated alkanes) is 2. The van der Waals surface area contributed by atoms with Gasteiger partial charge in [-0.2, -0.15) is 0 Å². The number of aromatic nitrogens is 3. The lowest BCUT2D eigenvalue weighted by atomic mass is 10.3. The van der Waals surface area contributed by atoms with E-state index in [1.165, 1.54) is 0 Å². The van der Waals surface area contributed by atoms with E-state index < -0.39 is 0 Å². The molecule has 0 aliphatic carbocycles. The van der Waals surface area contributed by atoms with Crippen LogP contribution in [0.5, 0.6) is 5.88 Å². The summed E-state index contributed by atoms with van der Waals surface area (Å²) in [7, 11) is 0. The van der Waals surface area contributed by atoms with Crippen molar-refractivity contribution >= 4 is 34.6 Å². The molecule has 0 aromatic carbocycles. The highest BCUT2D eigenvalue weighted by molar-refractivity contribution is 7.80. The standard InChI is InChI=1S/C20H23N5O2S/c1-3-4-7-12-27-17-10-9-15(13-21-17)23-20(28)24-19(26)18-14(2)22-16-8-5-6-11-25(16)18/h5-6,8-11,13H,3-4,7,12H2,1-2H3,(H2,23,24,26,28). The summed E-state index contributed by atoms with van der Waals surface area (Å²) in [5.41, 5.74) is 2.47. The molecule has 3 heterocycles. The molecule has 7 nitrogen and oxygen atoms in total. The minimum absolute atomic E-state index is 0.189. The van der Waals surface area contributed by atoms with Gasteiger partial charge in [-0.15, -0.1) is 0 Å². The Balaban J connectivity index is 1.57. The number of carbonyl (C=O) groups is 1. The van der Waals surface area contributed by atoms with Crippen molar-refractivity contribution < 1.29 is 9.53 Å². The van der Waals surface area contributed by atoms with Gasteiger partial charge in [0.15, 0.2) is 5.11 Å². The lowest BCUT2D eigenvalue weighted by Crippen LogP contribution is -2.35. The topological polar surface area (TPSA) is 80.5 Å². The van der Waals surface area contributed by atoms with Gasteiger partial charge in [0.25, 0.3) is 5.91 Å². The van der Waals surface area contributed by atoms with Crippen LogP contribution in [0.1, 0.15) is 42.4 Å². The van der Waals surface area contributed by atoms with Crippen LogP contribution in [-0.2, 0) is 0 Å². The van der Waals surface area contributed by atoms with Crippen LogP contribution in [0.4, 0.5) is 5.69 Å². The Hall–Kier alpha value is -3.00. The van der Waals surface area contributed by atoms with Gasteiger partial charge in [0.2, 0.25) is 5.88 Å². The Kier molecular flexibility index (Phi) is 6.54. The van der Waals surface area contributed by atoms with Gasteiger partial charge >= 0.3 is 0 Å². The highest BCUT2D eigenvalue weighted by Crippen LogP contribution is 2.13. The maximum atomic E-state index is 12.6. The van der Waals surface area contributed by atoms with Crippen LogP contribution in [0.3, 0.4) is 0 Å². The minimum atomic E-state index is -0.322. The Morgan fingerprint density at radius 2 is 2.11 bits per heavy atom. The van der Waals surface area contributed by atoms with Crippen molar-refractivity contribution in [2.24, 2.45) is 0 Å². The van der Waals surface area contributed by atoms with E-state index in [2.05, 4.69) is 27.5 Å². The first-order valence-corrected chi connectivity index (χ1v) is 9.64. The number of hydrogen-bond acceptors (Lipinski definition) is 5. The maximum Gasteiger partial charge on any atom is 0.276 e. The van der Waals surface area contributed by atoms with Gasteiger partial charge < -0.3 is 10.1 Å². The van der Waals surface area contributed by atoms with Crippen LogP contribution in [0.2, 0.25) is 0 Å². The smallest absolute Gasteiger partial charge is 0.276 e. The van der Waals surface area contributed by atoms with Gasteiger partial charge in [0, 0.05) is 12.3 Å². The van der Waals surface area contributed by atoms with Crippen LogP contribution in [0.25, 0.3) is 5.65 Å². The predicted octanol–water partition coefficient (Wildman–Crippen LogP) is 3.73. The highest BCUT2D eigenvalue weighted by Gasteiger charge is 2.17. The fourth-order valence-corrected chi connectivity index (χ4v) is 2.99. The monoisotopic (exact) mass is 397 g/mol. The number of carbonyl (C=O) groups excluding carboxylic acids is 1. The summed E-state index contributed by atoms with van der Waals surface area (Å²) in [6.45, 7) is 4.60. The average Bonchev–Trinajstić information content (AvgIpc) is 3.02. The van der Waals surface area contributed by atoms with Crippen molar-refractivity contribution in [3.05, 3.63) is 54.1 Å². The van der Waals surface area contributed by atoms with E-state index >= 15 is 0 Å². The molecular weight excluding hydrogens is 374 g/mol. The van der Waals surface area contributed by atoms with Crippen molar-refractivity contribution in [3.8, 4) is 5.88 Å². The van der Waals surface area contributed by atoms with E-state index in [9.17, 15) is 4.79 Å². The highest BCUT2D eigenvalue weighted by atomic mass is 32.1. The average molecular weight is 398 g/mol. The molecule has 1 amide bonds. The second-order valence-electron chi connectivity index (χ2n) is 6.32. The first kappa shape index (κ1) is 19.8. The number of thiocarbonyl (C=S) groups is 1. The van der Waals surface area contributed by atoms with Crippen molar-refractivity contribution in [1.82, 2.24) is 19.7 Å². The molecule has 0 saturated carbocycles. The number of amides is 1. The number of imidazole rings is 1. The number of fused-ring (bicyclic) bond motifs is 1. The van der Waals surface area contributed by atoms with Crippen LogP contribution in [0, 0.1) is 6.92 Å². The fourth-order valence-electron chi connectivity index (χ4n) is 2.78. The molecule has 0 spiro atoms. The molecule has 3 rings (SSSR count). The number of aryl methyl sites for hydroxylation is 1. The lowest BCUT2D eigenvalue weighted by Gasteiger charge is -2.10. The number of nitrogens with zero attached hydrogens (tertiary/aromatic N) is 3. The molecule has 28 heavy (non-hydrogen) atoms. The molecule has 3 aromatic rings. The van der Waals surface area contributed by atoms with Gasteiger partial charge in [-0.05, 0) is 43.8 Å². The molecule has 0 radical (unpaired) electrons. The molecule has 3 aromatic heterocycles. The molecule has 2 N–H and O–H groups in total. The first-order valence-electron chi connectivity index (χ1n) is 9.23. The van der Waals surface area contributed by atoms with Crippen molar-refractivity contribution in [2.75, 3.05) is 11.9 Å². The number of rotatable bonds is 7. The molecule has 0 fully saturated rings. The Morgan fingerprint density at radius 3 is 2.86 bits per heavy atom. The molecule has 0 saturated heterocycles. The molecule has 0 bridgehead atoms. The van der Waals surface area contributed by atoms with Crippen molar-refractivity contribution in [2.45, 2.75) is 33.1 Å². The zero-order chi connectivity index (χ0) is 19.9. The second kappa shape index (κ2) is 9.27. The zero-order valence-corrected chi connectivity index (χ0v) is 16.8. The molecule has 0 aliphatic rings. The normalized spacial score (nSPS) is 10.6. The van der Waals surface area contributed by atoms with E-state index in [1.54, 1.807) is 35.9 Å². The van der Waals surface area contributed by atoms with Crippen LogP contribution >= 0.6 is 12.2 Å². The third-order valence-corrected chi connectivity index (χ3v) is 4.34. The van der Waals surface area contributed by atoms with E-state index in [0.717, 1.165) is 19.3 Å². The first-order chi connectivity index (χ1) is 13.6. The predicted molar refractivity (Wildman–Crippen MR) is 113 cm³/mol. The maximum absolute atomic E-state index is 12.6. The van der Waals surface area contributed by atoms with Gasteiger partial charge in [0.1, 0.15) is 11.3 Å². The summed E-state index contributed by atoms with van der Waals surface area (Å²) in [6, 6.07) is 9.14. The van der Waals surface area contributed by atoms with Crippen LogP contribution < -0.4 is 15.4 Å². The molecule has 0 aliphatic heterocycles. The lowest BCUT2D eigenvalue weighted by molar-refractivity contribution is 0.0971. The third-order valence-electron chi connectivity index (χ3n) is 4.14. The Morgan fingerprint density at radius 1 is 1.25 bits per heavy atom. The summed E-state index contributed by atoms with van der Waals surface area (Å²) < 4.78 is 7.32. The molecule has 0 unspecified atom stereocenters. The summed E-state index contributed by atoms with van der Waals surface area (Å²) in [5, 5.41) is 5.83. The second-order valence-corrected chi connectivity index (χ2v) is 6.73. The number of pyridine rings is 2. The van der Waals surface area contributed by atoms with Crippen molar-refractivity contribution in [1.29, 1.82) is 0 Å². The molecular formula is C20H23N5O2S. The van der Waals surface area contributed by atoms with Crippen molar-refractivity contribution in [3.63, 3.8) is 0 Å². The van der Waals surface area contributed by atoms with Crippen LogP contribution in [0.15, 0.2) is 42.7 Å². The summed E-state index contributed by atoms with van der Waals surface area (Å²) in [6.07, 6.45) is 6.71. The van der Waals surface area contributed by atoms with E-state index in [4.69, 9.17) is 17.0 Å². The quantitative estimate of drug-likeness (QED) is 0.467. The number of hydrogen-bond donors (Lipinski definition) is 2. The number of nitrogens with one attached hydrogen (secondary N) is 2. The van der Waals surface area contributed by atoms with E-state index in [0.29, 0.717) is 35.2 Å².